The van der Waals surface area contributed by atoms with Crippen molar-refractivity contribution in [2.75, 3.05) is 14.2 Å². The molecule has 0 aliphatic heterocycles. The van der Waals surface area contributed by atoms with E-state index in [1.54, 1.807) is 7.11 Å². The van der Waals surface area contributed by atoms with Gasteiger partial charge >= 0.3 is 0 Å². The minimum Gasteiger partial charge on any atom is -0.497 e. The van der Waals surface area contributed by atoms with Crippen LogP contribution in [0.15, 0.2) is 24.3 Å². The Hall–Kier alpha value is -1.02. The third-order valence-electron chi connectivity index (χ3n) is 3.98. The zero-order chi connectivity index (χ0) is 14.1. The molecule has 2 atom stereocenters. The molecule has 1 aromatic rings. The largest absolute Gasteiger partial charge is 0.497 e. The van der Waals surface area contributed by atoms with E-state index in [1.165, 1.54) is 37.7 Å². The lowest BCUT2D eigenvalue weighted by Crippen LogP contribution is -2.19. The van der Waals surface area contributed by atoms with Gasteiger partial charge in [-0.25, -0.2) is 0 Å². The predicted octanol–water partition coefficient (Wildman–Crippen LogP) is 4.56. The lowest BCUT2D eigenvalue weighted by Gasteiger charge is -2.23. The molecule has 0 aromatic heterocycles. The number of rotatable bonds is 9. The molecule has 1 rings (SSSR count). The van der Waals surface area contributed by atoms with Crippen LogP contribution in [0.2, 0.25) is 0 Å². The minimum atomic E-state index is 0.452. The molecule has 2 unspecified atom stereocenters. The molecule has 1 N–H and O–H groups in total. The fourth-order valence-corrected chi connectivity index (χ4v) is 2.57. The lowest BCUT2D eigenvalue weighted by atomic mass is 9.89. The van der Waals surface area contributed by atoms with Crippen molar-refractivity contribution in [1.29, 1.82) is 0 Å². The molecule has 1 aromatic carbocycles. The second-order valence-electron chi connectivity index (χ2n) is 5.27. The van der Waals surface area contributed by atoms with Gasteiger partial charge in [0, 0.05) is 6.04 Å². The number of hydrogen-bond acceptors (Lipinski definition) is 2. The Balaban J connectivity index is 2.64. The molecular formula is C17H29NO. The Morgan fingerprint density at radius 3 is 2.32 bits per heavy atom. The standard InChI is InChI=1S/C17H29NO/c1-5-7-8-14(6-2)13-17(18-3)15-9-11-16(19-4)12-10-15/h9-12,14,17-18H,5-8,13H2,1-4H3. The zero-order valence-electron chi connectivity index (χ0n) is 12.9. The molecule has 0 spiro atoms. The molecule has 0 fully saturated rings. The number of methoxy groups -OCH3 is 1. The van der Waals surface area contributed by atoms with Crippen LogP contribution < -0.4 is 10.1 Å². The van der Waals surface area contributed by atoms with Crippen LogP contribution in [0.5, 0.6) is 5.75 Å². The quantitative estimate of drug-likeness (QED) is 0.705. The van der Waals surface area contributed by atoms with Crippen molar-refractivity contribution < 1.29 is 4.74 Å². The Labute approximate surface area is 118 Å². The van der Waals surface area contributed by atoms with Crippen molar-refractivity contribution in [3.8, 4) is 5.75 Å². The molecular weight excluding hydrogens is 234 g/mol. The van der Waals surface area contributed by atoms with Gasteiger partial charge in [-0.3, -0.25) is 0 Å². The summed E-state index contributed by atoms with van der Waals surface area (Å²) in [6.45, 7) is 4.58. The molecule has 0 aliphatic carbocycles. The molecule has 0 radical (unpaired) electrons. The normalized spacial score (nSPS) is 14.1. The van der Waals surface area contributed by atoms with Crippen LogP contribution in [-0.2, 0) is 0 Å². The Bertz CT molecular complexity index is 334. The van der Waals surface area contributed by atoms with Crippen LogP contribution in [0.3, 0.4) is 0 Å². The molecule has 108 valence electrons. The van der Waals surface area contributed by atoms with Crippen molar-refractivity contribution in [2.45, 2.75) is 52.0 Å². The van der Waals surface area contributed by atoms with Gasteiger partial charge in [0.15, 0.2) is 0 Å². The first-order valence-electron chi connectivity index (χ1n) is 7.56. The fourth-order valence-electron chi connectivity index (χ4n) is 2.57. The highest BCUT2D eigenvalue weighted by atomic mass is 16.5. The number of unbranched alkanes of at least 4 members (excludes halogenated alkanes) is 1. The highest BCUT2D eigenvalue weighted by Gasteiger charge is 2.15. The molecule has 2 nitrogen and oxygen atoms in total. The predicted molar refractivity (Wildman–Crippen MR) is 82.7 cm³/mol. The summed E-state index contributed by atoms with van der Waals surface area (Å²) < 4.78 is 5.22. The summed E-state index contributed by atoms with van der Waals surface area (Å²) in [5, 5.41) is 3.46. The van der Waals surface area contributed by atoms with Crippen LogP contribution >= 0.6 is 0 Å². The summed E-state index contributed by atoms with van der Waals surface area (Å²) in [5.74, 6) is 1.75. The number of ether oxygens (including phenoxy) is 1. The van der Waals surface area contributed by atoms with Gasteiger partial charge in [0.1, 0.15) is 5.75 Å². The third-order valence-corrected chi connectivity index (χ3v) is 3.98. The minimum absolute atomic E-state index is 0.452. The van der Waals surface area contributed by atoms with Crippen molar-refractivity contribution in [2.24, 2.45) is 5.92 Å². The Kier molecular flexibility index (Phi) is 7.57. The van der Waals surface area contributed by atoms with Crippen molar-refractivity contribution >= 4 is 0 Å². The smallest absolute Gasteiger partial charge is 0.118 e. The van der Waals surface area contributed by atoms with Crippen molar-refractivity contribution in [3.63, 3.8) is 0 Å². The summed E-state index contributed by atoms with van der Waals surface area (Å²) in [7, 11) is 3.77. The highest BCUT2D eigenvalue weighted by Crippen LogP contribution is 2.27. The van der Waals surface area contributed by atoms with E-state index in [9.17, 15) is 0 Å². The second kappa shape index (κ2) is 8.98. The number of nitrogens with one attached hydrogen (secondary N) is 1. The van der Waals surface area contributed by atoms with Crippen LogP contribution in [0.1, 0.15) is 57.6 Å². The molecule has 19 heavy (non-hydrogen) atoms. The average Bonchev–Trinajstić information content (AvgIpc) is 2.48. The van der Waals surface area contributed by atoms with E-state index in [0.717, 1.165) is 11.7 Å². The monoisotopic (exact) mass is 263 g/mol. The summed E-state index contributed by atoms with van der Waals surface area (Å²) in [6.07, 6.45) is 6.48. The Morgan fingerprint density at radius 1 is 1.16 bits per heavy atom. The fraction of sp³-hybridized carbons (Fsp3) is 0.647. The number of hydrogen-bond donors (Lipinski definition) is 1. The maximum Gasteiger partial charge on any atom is 0.118 e. The maximum atomic E-state index is 5.22. The number of benzene rings is 1. The van der Waals surface area contributed by atoms with E-state index in [-0.39, 0.29) is 0 Å². The van der Waals surface area contributed by atoms with Gasteiger partial charge in [-0.1, -0.05) is 51.7 Å². The molecule has 2 heteroatoms. The van der Waals surface area contributed by atoms with Gasteiger partial charge in [-0.15, -0.1) is 0 Å². The zero-order valence-corrected chi connectivity index (χ0v) is 12.9. The Morgan fingerprint density at radius 2 is 1.84 bits per heavy atom. The SMILES string of the molecule is CCCCC(CC)CC(NC)c1ccc(OC)cc1. The average molecular weight is 263 g/mol. The molecule has 0 amide bonds. The van der Waals surface area contributed by atoms with Crippen LogP contribution in [0.25, 0.3) is 0 Å². The molecule has 0 saturated carbocycles. The first kappa shape index (κ1) is 16.0. The first-order valence-corrected chi connectivity index (χ1v) is 7.56. The van der Waals surface area contributed by atoms with E-state index >= 15 is 0 Å². The molecule has 0 saturated heterocycles. The summed E-state index contributed by atoms with van der Waals surface area (Å²) in [5.41, 5.74) is 1.36. The van der Waals surface area contributed by atoms with Crippen LogP contribution in [-0.4, -0.2) is 14.2 Å². The summed E-state index contributed by atoms with van der Waals surface area (Å²) >= 11 is 0. The van der Waals surface area contributed by atoms with Gasteiger partial charge in [0.25, 0.3) is 0 Å². The van der Waals surface area contributed by atoms with Gasteiger partial charge < -0.3 is 10.1 Å². The molecule has 0 bridgehead atoms. The molecule has 0 heterocycles. The highest BCUT2D eigenvalue weighted by molar-refractivity contribution is 5.29. The van der Waals surface area contributed by atoms with Crippen molar-refractivity contribution in [1.82, 2.24) is 5.32 Å². The van der Waals surface area contributed by atoms with Crippen molar-refractivity contribution in [3.05, 3.63) is 29.8 Å². The van der Waals surface area contributed by atoms with Crippen LogP contribution in [0.4, 0.5) is 0 Å². The summed E-state index contributed by atoms with van der Waals surface area (Å²) in [6, 6.07) is 8.89. The summed E-state index contributed by atoms with van der Waals surface area (Å²) in [4.78, 5) is 0. The third kappa shape index (κ3) is 5.23. The topological polar surface area (TPSA) is 21.3 Å². The van der Waals surface area contributed by atoms with E-state index in [2.05, 4.69) is 38.3 Å². The van der Waals surface area contributed by atoms with E-state index in [0.29, 0.717) is 6.04 Å². The lowest BCUT2D eigenvalue weighted by molar-refractivity contribution is 0.364. The van der Waals surface area contributed by atoms with Gasteiger partial charge in [0.05, 0.1) is 7.11 Å². The van der Waals surface area contributed by atoms with E-state index in [1.807, 2.05) is 12.1 Å². The van der Waals surface area contributed by atoms with Gasteiger partial charge in [-0.05, 0) is 37.1 Å². The van der Waals surface area contributed by atoms with Gasteiger partial charge in [0.2, 0.25) is 0 Å². The first-order chi connectivity index (χ1) is 9.24. The maximum absolute atomic E-state index is 5.22. The van der Waals surface area contributed by atoms with E-state index < -0.39 is 0 Å². The molecule has 0 aliphatic rings. The van der Waals surface area contributed by atoms with E-state index in [4.69, 9.17) is 4.74 Å². The second-order valence-corrected chi connectivity index (χ2v) is 5.27. The van der Waals surface area contributed by atoms with Crippen LogP contribution in [0, 0.1) is 5.92 Å². The van der Waals surface area contributed by atoms with Gasteiger partial charge in [-0.2, -0.15) is 0 Å².